The summed E-state index contributed by atoms with van der Waals surface area (Å²) in [5, 5.41) is 11.9. The fourth-order valence-electron chi connectivity index (χ4n) is 0.839. The van der Waals surface area contributed by atoms with Crippen LogP contribution in [0.25, 0.3) is 0 Å². The van der Waals surface area contributed by atoms with E-state index in [1.165, 1.54) is 19.2 Å². The molecular formula is C8H9N3O5. The van der Waals surface area contributed by atoms with Crippen molar-refractivity contribution in [1.29, 1.82) is 0 Å². The molecule has 0 radical (unpaired) electrons. The number of nitrogens with one attached hydrogen (secondary N) is 1. The van der Waals surface area contributed by atoms with Gasteiger partial charge in [-0.25, -0.2) is 15.0 Å². The molecule has 2 N–H and O–H groups in total. The van der Waals surface area contributed by atoms with Crippen molar-refractivity contribution in [3.8, 4) is 0 Å². The molecule has 0 aromatic carbocycles. The van der Waals surface area contributed by atoms with E-state index in [0.29, 0.717) is 0 Å². The monoisotopic (exact) mass is 227 g/mol. The SMILES string of the molecule is Cn1nc(C(=O)NOCC(=O)O)ccc1=O. The maximum Gasteiger partial charge on any atom is 0.332 e. The van der Waals surface area contributed by atoms with Crippen molar-refractivity contribution in [1.82, 2.24) is 15.3 Å². The number of carbonyl (C=O) groups excluding carboxylic acids is 1. The topological polar surface area (TPSA) is 111 Å². The molecule has 1 aromatic heterocycles. The standard InChI is InChI=1S/C8H9N3O5/c1-11-6(12)3-2-5(9-11)8(15)10-16-4-7(13)14/h2-3H,4H2,1H3,(H,10,15)(H,13,14). The first-order valence-electron chi connectivity index (χ1n) is 4.19. The van der Waals surface area contributed by atoms with Crippen molar-refractivity contribution < 1.29 is 19.5 Å². The second kappa shape index (κ2) is 5.03. The fraction of sp³-hybridized carbons (Fsp3) is 0.250. The van der Waals surface area contributed by atoms with E-state index in [9.17, 15) is 14.4 Å². The van der Waals surface area contributed by atoms with Crippen LogP contribution in [0.15, 0.2) is 16.9 Å². The molecule has 0 bridgehead atoms. The zero-order chi connectivity index (χ0) is 12.1. The highest BCUT2D eigenvalue weighted by Gasteiger charge is 2.09. The Bertz CT molecular complexity index is 467. The molecule has 8 nitrogen and oxygen atoms in total. The number of carbonyl (C=O) groups is 2. The first-order valence-corrected chi connectivity index (χ1v) is 4.19. The molecule has 16 heavy (non-hydrogen) atoms. The average molecular weight is 227 g/mol. The van der Waals surface area contributed by atoms with E-state index in [-0.39, 0.29) is 11.3 Å². The number of hydrogen-bond donors (Lipinski definition) is 2. The average Bonchev–Trinajstić information content (AvgIpc) is 2.21. The van der Waals surface area contributed by atoms with E-state index in [1.54, 1.807) is 0 Å². The molecule has 1 amide bonds. The van der Waals surface area contributed by atoms with Gasteiger partial charge in [0.25, 0.3) is 11.5 Å². The van der Waals surface area contributed by atoms with Gasteiger partial charge in [-0.1, -0.05) is 0 Å². The van der Waals surface area contributed by atoms with Gasteiger partial charge in [0.15, 0.2) is 12.3 Å². The van der Waals surface area contributed by atoms with Gasteiger partial charge in [-0.15, -0.1) is 0 Å². The Hall–Kier alpha value is -2.22. The Morgan fingerprint density at radius 1 is 1.56 bits per heavy atom. The predicted octanol–water partition coefficient (Wildman–Crippen LogP) is -1.47. The Kier molecular flexibility index (Phi) is 3.72. The quantitative estimate of drug-likeness (QED) is 0.607. The van der Waals surface area contributed by atoms with Crippen LogP contribution in [0.2, 0.25) is 0 Å². The Labute approximate surface area is 89.4 Å². The number of hydroxylamine groups is 1. The highest BCUT2D eigenvalue weighted by molar-refractivity contribution is 5.91. The largest absolute Gasteiger partial charge is 0.479 e. The van der Waals surface area contributed by atoms with Crippen molar-refractivity contribution in [3.05, 3.63) is 28.2 Å². The third kappa shape index (κ3) is 3.17. The smallest absolute Gasteiger partial charge is 0.332 e. The van der Waals surface area contributed by atoms with Gasteiger partial charge in [0, 0.05) is 13.1 Å². The summed E-state index contributed by atoms with van der Waals surface area (Å²) in [5.41, 5.74) is 1.47. The molecule has 1 rings (SSSR count). The summed E-state index contributed by atoms with van der Waals surface area (Å²) >= 11 is 0. The number of amides is 1. The van der Waals surface area contributed by atoms with Crippen LogP contribution in [0.1, 0.15) is 10.5 Å². The summed E-state index contributed by atoms with van der Waals surface area (Å²) < 4.78 is 0.978. The maximum absolute atomic E-state index is 11.3. The zero-order valence-electron chi connectivity index (χ0n) is 8.34. The lowest BCUT2D eigenvalue weighted by Crippen LogP contribution is -2.30. The molecule has 0 spiro atoms. The minimum absolute atomic E-state index is 0.0486. The molecule has 0 aliphatic heterocycles. The van der Waals surface area contributed by atoms with E-state index >= 15 is 0 Å². The van der Waals surface area contributed by atoms with Crippen LogP contribution in [0.4, 0.5) is 0 Å². The summed E-state index contributed by atoms with van der Waals surface area (Å²) in [6.07, 6.45) is 0. The van der Waals surface area contributed by atoms with Crippen LogP contribution in [0.5, 0.6) is 0 Å². The number of carboxylic acid groups (broad SMARTS) is 1. The minimum Gasteiger partial charge on any atom is -0.479 e. The Morgan fingerprint density at radius 3 is 2.81 bits per heavy atom. The van der Waals surface area contributed by atoms with Gasteiger partial charge in [0.1, 0.15) is 0 Å². The predicted molar refractivity (Wildman–Crippen MR) is 50.5 cm³/mol. The van der Waals surface area contributed by atoms with Crippen molar-refractivity contribution >= 4 is 11.9 Å². The summed E-state index contributed by atoms with van der Waals surface area (Å²) in [6, 6.07) is 2.38. The number of aromatic nitrogens is 2. The van der Waals surface area contributed by atoms with Gasteiger partial charge in [0.05, 0.1) is 0 Å². The van der Waals surface area contributed by atoms with Gasteiger partial charge in [0.2, 0.25) is 0 Å². The lowest BCUT2D eigenvalue weighted by molar-refractivity contribution is -0.144. The summed E-state index contributed by atoms with van der Waals surface area (Å²) in [7, 11) is 1.39. The van der Waals surface area contributed by atoms with Crippen molar-refractivity contribution in [2.75, 3.05) is 6.61 Å². The van der Waals surface area contributed by atoms with E-state index in [0.717, 1.165) is 4.68 Å². The molecule has 0 atom stereocenters. The molecule has 8 heteroatoms. The van der Waals surface area contributed by atoms with E-state index in [1.807, 2.05) is 5.48 Å². The molecule has 1 heterocycles. The molecule has 1 aromatic rings. The van der Waals surface area contributed by atoms with Gasteiger partial charge in [-0.3, -0.25) is 14.4 Å². The van der Waals surface area contributed by atoms with Gasteiger partial charge in [-0.2, -0.15) is 5.10 Å². The Balaban J connectivity index is 2.63. The third-order valence-corrected chi connectivity index (χ3v) is 1.55. The van der Waals surface area contributed by atoms with Gasteiger partial charge < -0.3 is 5.11 Å². The molecule has 0 saturated carbocycles. The number of hydrogen-bond acceptors (Lipinski definition) is 5. The molecule has 0 saturated heterocycles. The fourth-order valence-corrected chi connectivity index (χ4v) is 0.839. The number of aryl methyl sites for hydroxylation is 1. The normalized spacial score (nSPS) is 9.81. The van der Waals surface area contributed by atoms with Crippen molar-refractivity contribution in [3.63, 3.8) is 0 Å². The van der Waals surface area contributed by atoms with Crippen LogP contribution < -0.4 is 11.0 Å². The van der Waals surface area contributed by atoms with Crippen LogP contribution in [-0.2, 0) is 16.7 Å². The van der Waals surface area contributed by atoms with E-state index in [4.69, 9.17) is 5.11 Å². The first kappa shape index (κ1) is 11.9. The molecule has 0 aliphatic rings. The van der Waals surface area contributed by atoms with E-state index in [2.05, 4.69) is 9.94 Å². The zero-order valence-corrected chi connectivity index (χ0v) is 8.34. The van der Waals surface area contributed by atoms with Gasteiger partial charge in [-0.05, 0) is 6.07 Å². The highest BCUT2D eigenvalue weighted by Crippen LogP contribution is 1.89. The van der Waals surface area contributed by atoms with Crippen molar-refractivity contribution in [2.24, 2.45) is 7.05 Å². The number of rotatable bonds is 4. The third-order valence-electron chi connectivity index (χ3n) is 1.55. The second-order valence-corrected chi connectivity index (χ2v) is 2.79. The van der Waals surface area contributed by atoms with Crippen LogP contribution in [0, 0.1) is 0 Å². The number of nitrogens with zero attached hydrogens (tertiary/aromatic N) is 2. The summed E-state index contributed by atoms with van der Waals surface area (Å²) in [4.78, 5) is 36.7. The molecule has 0 aliphatic carbocycles. The van der Waals surface area contributed by atoms with Crippen LogP contribution in [-0.4, -0.2) is 33.4 Å². The highest BCUT2D eigenvalue weighted by atomic mass is 16.7. The second-order valence-electron chi connectivity index (χ2n) is 2.79. The lowest BCUT2D eigenvalue weighted by Gasteiger charge is -2.03. The molecule has 0 fully saturated rings. The summed E-state index contributed by atoms with van der Waals surface area (Å²) in [6.45, 7) is -0.655. The maximum atomic E-state index is 11.3. The van der Waals surface area contributed by atoms with Crippen LogP contribution >= 0.6 is 0 Å². The lowest BCUT2D eigenvalue weighted by atomic mass is 10.4. The number of carboxylic acids is 1. The van der Waals surface area contributed by atoms with Crippen LogP contribution in [0.3, 0.4) is 0 Å². The minimum atomic E-state index is -1.21. The summed E-state index contributed by atoms with van der Waals surface area (Å²) in [5.74, 6) is -1.94. The number of aliphatic carboxylic acids is 1. The molecular weight excluding hydrogens is 218 g/mol. The van der Waals surface area contributed by atoms with Gasteiger partial charge >= 0.3 is 5.97 Å². The van der Waals surface area contributed by atoms with E-state index < -0.39 is 18.5 Å². The molecule has 0 unspecified atom stereocenters. The van der Waals surface area contributed by atoms with Crippen molar-refractivity contribution in [2.45, 2.75) is 0 Å². The molecule has 86 valence electrons. The first-order chi connectivity index (χ1) is 7.50. The Morgan fingerprint density at radius 2 is 2.25 bits per heavy atom.